The first-order valence-corrected chi connectivity index (χ1v) is 7.12. The van der Waals surface area contributed by atoms with Crippen LogP contribution in [0.1, 0.15) is 5.56 Å². The van der Waals surface area contributed by atoms with E-state index >= 15 is 0 Å². The number of hydrogen-bond donors (Lipinski definition) is 3. The molecule has 6 nitrogen and oxygen atoms in total. The fourth-order valence-electron chi connectivity index (χ4n) is 1.72. The van der Waals surface area contributed by atoms with Gasteiger partial charge >= 0.3 is 0 Å². The smallest absolute Gasteiger partial charge is 0.265 e. The van der Waals surface area contributed by atoms with Gasteiger partial charge in [0.05, 0.1) is 5.69 Å². The molecule has 0 atom stereocenters. The molecule has 0 radical (unpaired) electrons. The summed E-state index contributed by atoms with van der Waals surface area (Å²) in [5, 5.41) is 0. The van der Waals surface area contributed by atoms with Gasteiger partial charge in [-0.15, -0.1) is 0 Å². The van der Waals surface area contributed by atoms with Crippen molar-refractivity contribution in [3.8, 4) is 0 Å². The third-order valence-electron chi connectivity index (χ3n) is 2.49. The van der Waals surface area contributed by atoms with Crippen molar-refractivity contribution >= 4 is 21.5 Å². The zero-order valence-corrected chi connectivity index (χ0v) is 11.4. The maximum atomic E-state index is 13.3. The largest absolute Gasteiger partial charge is 0.307 e. The topological polar surface area (TPSA) is 97.1 Å². The molecule has 8 heteroatoms. The molecule has 4 N–H and O–H groups in total. The molecular weight excluding hydrogens is 283 g/mol. The normalized spacial score (nSPS) is 11.2. The van der Waals surface area contributed by atoms with Gasteiger partial charge < -0.3 is 5.43 Å². The van der Waals surface area contributed by atoms with Crippen LogP contribution in [0.5, 0.6) is 0 Å². The van der Waals surface area contributed by atoms with E-state index in [0.717, 1.165) is 6.07 Å². The van der Waals surface area contributed by atoms with Gasteiger partial charge in [0.15, 0.2) is 5.82 Å². The molecule has 0 saturated carbocycles. The lowest BCUT2D eigenvalue weighted by atomic mass is 10.2. The maximum absolute atomic E-state index is 13.3. The quantitative estimate of drug-likeness (QED) is 0.588. The van der Waals surface area contributed by atoms with E-state index in [1.165, 1.54) is 30.5 Å². The van der Waals surface area contributed by atoms with Crippen molar-refractivity contribution < 1.29 is 12.8 Å². The van der Waals surface area contributed by atoms with Gasteiger partial charge in [-0.3, -0.25) is 4.72 Å². The summed E-state index contributed by atoms with van der Waals surface area (Å²) in [5.74, 6) is 4.71. The molecular formula is C12H13FN4O2S. The molecule has 0 amide bonds. The van der Waals surface area contributed by atoms with E-state index in [9.17, 15) is 12.8 Å². The van der Waals surface area contributed by atoms with Crippen LogP contribution < -0.4 is 16.0 Å². The van der Waals surface area contributed by atoms with Crippen LogP contribution in [-0.4, -0.2) is 13.4 Å². The highest BCUT2D eigenvalue weighted by Crippen LogP contribution is 2.22. The number of nitrogens with zero attached hydrogens (tertiary/aromatic N) is 1. The zero-order valence-electron chi connectivity index (χ0n) is 10.6. The van der Waals surface area contributed by atoms with Crippen LogP contribution in [0.4, 0.5) is 15.9 Å². The highest BCUT2D eigenvalue weighted by Gasteiger charge is 2.19. The molecule has 0 bridgehead atoms. The second-order valence-electron chi connectivity index (χ2n) is 4.12. The number of aromatic nitrogens is 1. The molecule has 2 rings (SSSR count). The number of aryl methyl sites for hydroxylation is 1. The Labute approximate surface area is 115 Å². The monoisotopic (exact) mass is 296 g/mol. The van der Waals surface area contributed by atoms with Gasteiger partial charge in [0.25, 0.3) is 10.0 Å². The van der Waals surface area contributed by atoms with E-state index in [4.69, 9.17) is 5.84 Å². The Kier molecular flexibility index (Phi) is 3.86. The molecule has 0 unspecified atom stereocenters. The first-order chi connectivity index (χ1) is 9.42. The molecule has 1 heterocycles. The van der Waals surface area contributed by atoms with Crippen LogP contribution in [0, 0.1) is 12.7 Å². The van der Waals surface area contributed by atoms with Crippen molar-refractivity contribution in [2.45, 2.75) is 11.8 Å². The highest BCUT2D eigenvalue weighted by molar-refractivity contribution is 7.92. The summed E-state index contributed by atoms with van der Waals surface area (Å²) < 4.78 is 40.0. The minimum atomic E-state index is -3.91. The Morgan fingerprint density at radius 3 is 2.70 bits per heavy atom. The Bertz CT molecular complexity index is 714. The van der Waals surface area contributed by atoms with Crippen LogP contribution in [0.25, 0.3) is 0 Å². The molecule has 1 aromatic carbocycles. The molecule has 0 aliphatic rings. The van der Waals surface area contributed by atoms with E-state index in [1.54, 1.807) is 6.92 Å². The van der Waals surface area contributed by atoms with Gasteiger partial charge in [-0.05, 0) is 42.8 Å². The van der Waals surface area contributed by atoms with Gasteiger partial charge in [-0.2, -0.15) is 0 Å². The summed E-state index contributed by atoms with van der Waals surface area (Å²) in [6, 6.07) is 6.72. The average molecular weight is 296 g/mol. The Balaban J connectivity index is 2.41. The number of hydrazine groups is 1. The molecule has 0 aliphatic heterocycles. The Morgan fingerprint density at radius 2 is 2.05 bits per heavy atom. The fraction of sp³-hybridized carbons (Fsp3) is 0.0833. The summed E-state index contributed by atoms with van der Waals surface area (Å²) in [5.41, 5.74) is 2.94. The maximum Gasteiger partial charge on any atom is 0.265 e. The van der Waals surface area contributed by atoms with E-state index in [0.29, 0.717) is 5.56 Å². The number of hydrogen-bond acceptors (Lipinski definition) is 5. The van der Waals surface area contributed by atoms with Gasteiger partial charge in [-0.1, -0.05) is 0 Å². The number of anilines is 2. The molecule has 106 valence electrons. The molecule has 0 saturated heterocycles. The van der Waals surface area contributed by atoms with Crippen molar-refractivity contribution in [3.63, 3.8) is 0 Å². The number of halogens is 1. The molecule has 0 fully saturated rings. The summed E-state index contributed by atoms with van der Waals surface area (Å²) >= 11 is 0. The van der Waals surface area contributed by atoms with E-state index in [1.807, 2.05) is 0 Å². The standard InChI is InChI=1S/C12H13FN4O2S/c1-8-5-9(13)7-10(6-8)17-20(18,19)11-3-2-4-15-12(11)16-14/h2-7,17H,14H2,1H3,(H,15,16). The average Bonchev–Trinajstić information content (AvgIpc) is 2.36. The van der Waals surface area contributed by atoms with Crippen molar-refractivity contribution in [2.24, 2.45) is 5.84 Å². The first-order valence-electron chi connectivity index (χ1n) is 5.64. The van der Waals surface area contributed by atoms with Crippen molar-refractivity contribution in [3.05, 3.63) is 47.9 Å². The lowest BCUT2D eigenvalue weighted by Crippen LogP contribution is -2.18. The molecule has 1 aromatic heterocycles. The number of pyridine rings is 1. The summed E-state index contributed by atoms with van der Waals surface area (Å²) in [4.78, 5) is 3.69. The second kappa shape index (κ2) is 5.43. The number of nitrogens with one attached hydrogen (secondary N) is 2. The molecule has 0 spiro atoms. The second-order valence-corrected chi connectivity index (χ2v) is 5.77. The minimum absolute atomic E-state index is 0.00752. The van der Waals surface area contributed by atoms with Gasteiger partial charge in [-0.25, -0.2) is 23.6 Å². The van der Waals surface area contributed by atoms with Crippen LogP contribution >= 0.6 is 0 Å². The summed E-state index contributed by atoms with van der Waals surface area (Å²) in [7, 11) is -3.91. The summed E-state index contributed by atoms with van der Waals surface area (Å²) in [6.45, 7) is 1.66. The number of rotatable bonds is 4. The van der Waals surface area contributed by atoms with E-state index < -0.39 is 15.8 Å². The SMILES string of the molecule is Cc1cc(F)cc(NS(=O)(=O)c2cccnc2NN)c1. The third-order valence-corrected chi connectivity index (χ3v) is 3.90. The van der Waals surface area contributed by atoms with Crippen LogP contribution in [0.2, 0.25) is 0 Å². The fourth-order valence-corrected chi connectivity index (χ4v) is 2.88. The van der Waals surface area contributed by atoms with E-state index in [-0.39, 0.29) is 16.4 Å². The first kappa shape index (κ1) is 14.2. The van der Waals surface area contributed by atoms with Gasteiger partial charge in [0.1, 0.15) is 10.7 Å². The van der Waals surface area contributed by atoms with Crippen molar-refractivity contribution in [1.29, 1.82) is 0 Å². The van der Waals surface area contributed by atoms with Gasteiger partial charge in [0.2, 0.25) is 0 Å². The van der Waals surface area contributed by atoms with Crippen molar-refractivity contribution in [2.75, 3.05) is 10.1 Å². The van der Waals surface area contributed by atoms with E-state index in [2.05, 4.69) is 15.1 Å². The predicted octanol–water partition coefficient (Wildman–Crippen LogP) is 1.62. The number of sulfonamides is 1. The van der Waals surface area contributed by atoms with Crippen LogP contribution in [0.3, 0.4) is 0 Å². The van der Waals surface area contributed by atoms with Gasteiger partial charge in [0, 0.05) is 6.20 Å². The number of nitrogen functional groups attached to an aromatic ring is 1. The Hall–Kier alpha value is -2.19. The van der Waals surface area contributed by atoms with Crippen LogP contribution in [-0.2, 0) is 10.0 Å². The lowest BCUT2D eigenvalue weighted by molar-refractivity contribution is 0.601. The number of benzene rings is 1. The lowest BCUT2D eigenvalue weighted by Gasteiger charge is -2.11. The molecule has 2 aromatic rings. The minimum Gasteiger partial charge on any atom is -0.307 e. The molecule has 20 heavy (non-hydrogen) atoms. The number of nitrogens with two attached hydrogens (primary N) is 1. The highest BCUT2D eigenvalue weighted by atomic mass is 32.2. The van der Waals surface area contributed by atoms with Crippen molar-refractivity contribution in [1.82, 2.24) is 4.98 Å². The van der Waals surface area contributed by atoms with Crippen LogP contribution in [0.15, 0.2) is 41.4 Å². The predicted molar refractivity (Wildman–Crippen MR) is 74.0 cm³/mol. The Morgan fingerprint density at radius 1 is 1.30 bits per heavy atom. The zero-order chi connectivity index (χ0) is 14.8. The molecule has 0 aliphatic carbocycles. The summed E-state index contributed by atoms with van der Waals surface area (Å²) in [6.07, 6.45) is 1.40. The third kappa shape index (κ3) is 3.03.